The van der Waals surface area contributed by atoms with E-state index in [1.807, 2.05) is 30.5 Å². The van der Waals surface area contributed by atoms with E-state index in [0.29, 0.717) is 19.5 Å². The number of hydrogen-bond acceptors (Lipinski definition) is 3. The van der Waals surface area contributed by atoms with E-state index in [2.05, 4.69) is 27.0 Å². The van der Waals surface area contributed by atoms with Gasteiger partial charge in [0.15, 0.2) is 5.96 Å². The van der Waals surface area contributed by atoms with Crippen molar-refractivity contribution in [2.24, 2.45) is 4.99 Å². The molecule has 3 N–H and O–H groups in total. The molecule has 3 rings (SSSR count). The maximum absolute atomic E-state index is 11.9. The van der Waals surface area contributed by atoms with Gasteiger partial charge >= 0.3 is 0 Å². The molecule has 2 aromatic rings. The lowest BCUT2D eigenvalue weighted by Gasteiger charge is -2.26. The zero-order valence-corrected chi connectivity index (χ0v) is 16.1. The number of pyridine rings is 1. The summed E-state index contributed by atoms with van der Waals surface area (Å²) in [5.41, 5.74) is 2.08. The fraction of sp³-hybridized carbons (Fsp3) is 0.381. The third kappa shape index (κ3) is 5.22. The van der Waals surface area contributed by atoms with Crippen LogP contribution in [0.15, 0.2) is 58.4 Å². The smallest absolute Gasteiger partial charge is 0.250 e. The summed E-state index contributed by atoms with van der Waals surface area (Å²) in [6.07, 6.45) is 4.11. The number of rotatable bonds is 7. The fourth-order valence-electron chi connectivity index (χ4n) is 3.38. The second-order valence-electron chi connectivity index (χ2n) is 6.86. The highest BCUT2D eigenvalue weighted by molar-refractivity contribution is 5.94. The van der Waals surface area contributed by atoms with Gasteiger partial charge in [-0.25, -0.2) is 0 Å². The van der Waals surface area contributed by atoms with E-state index in [1.54, 1.807) is 23.7 Å². The van der Waals surface area contributed by atoms with E-state index in [0.717, 1.165) is 36.6 Å². The minimum absolute atomic E-state index is 0.0322. The normalized spacial score (nSPS) is 16.2. The van der Waals surface area contributed by atoms with E-state index >= 15 is 0 Å². The van der Waals surface area contributed by atoms with Gasteiger partial charge < -0.3 is 20.5 Å². The number of nitrogens with one attached hydrogen (secondary N) is 3. The Morgan fingerprint density at radius 3 is 2.79 bits per heavy atom. The number of amides is 1. The zero-order valence-electron chi connectivity index (χ0n) is 16.1. The molecular formula is C21H27N5O2. The number of aromatic nitrogens is 1. The van der Waals surface area contributed by atoms with Crippen molar-refractivity contribution in [2.75, 3.05) is 25.5 Å². The molecule has 1 unspecified atom stereocenters. The van der Waals surface area contributed by atoms with Crippen LogP contribution in [0.5, 0.6) is 0 Å². The highest BCUT2D eigenvalue weighted by Crippen LogP contribution is 2.31. The van der Waals surface area contributed by atoms with Gasteiger partial charge in [-0.1, -0.05) is 24.3 Å². The number of aryl methyl sites for hydroxylation is 1. The van der Waals surface area contributed by atoms with Gasteiger partial charge in [0, 0.05) is 57.0 Å². The van der Waals surface area contributed by atoms with E-state index in [-0.39, 0.29) is 17.4 Å². The Balaban J connectivity index is 1.42. The predicted molar refractivity (Wildman–Crippen MR) is 112 cm³/mol. The van der Waals surface area contributed by atoms with E-state index in [1.165, 1.54) is 0 Å². The van der Waals surface area contributed by atoms with Crippen LogP contribution in [0.1, 0.15) is 30.7 Å². The topological polar surface area (TPSA) is 87.5 Å². The van der Waals surface area contributed by atoms with Crippen LogP contribution < -0.4 is 21.5 Å². The zero-order chi connectivity index (χ0) is 19.8. The molecule has 2 heterocycles. The van der Waals surface area contributed by atoms with Crippen LogP contribution in [0.4, 0.5) is 5.69 Å². The molecular weight excluding hydrogens is 354 g/mol. The monoisotopic (exact) mass is 381 g/mol. The lowest BCUT2D eigenvalue weighted by atomic mass is 9.90. The number of guanidine groups is 1. The molecule has 0 spiro atoms. The first-order chi connectivity index (χ1) is 13.7. The Morgan fingerprint density at radius 2 is 1.96 bits per heavy atom. The minimum Gasteiger partial charge on any atom is -0.356 e. The van der Waals surface area contributed by atoms with Crippen molar-refractivity contribution < 1.29 is 4.79 Å². The summed E-state index contributed by atoms with van der Waals surface area (Å²) in [6.45, 7) is 2.12. The highest BCUT2D eigenvalue weighted by Gasteiger charge is 2.24. The number of carbonyl (C=O) groups is 1. The van der Waals surface area contributed by atoms with E-state index in [9.17, 15) is 9.59 Å². The molecule has 0 radical (unpaired) electrons. The number of aliphatic imine (C=N–C) groups is 1. The Bertz CT molecular complexity index is 890. The molecule has 1 aromatic carbocycles. The number of fused-ring (bicyclic) bond motifs is 1. The molecule has 1 atom stereocenters. The number of anilines is 1. The van der Waals surface area contributed by atoms with Crippen LogP contribution in [-0.4, -0.2) is 36.6 Å². The van der Waals surface area contributed by atoms with Gasteiger partial charge in [0.1, 0.15) is 0 Å². The molecule has 0 bridgehead atoms. The number of carbonyl (C=O) groups excluding carboxylic acids is 1. The van der Waals surface area contributed by atoms with Gasteiger partial charge in [-0.15, -0.1) is 0 Å². The van der Waals surface area contributed by atoms with Crippen LogP contribution in [-0.2, 0) is 11.3 Å². The molecule has 7 heteroatoms. The van der Waals surface area contributed by atoms with Crippen molar-refractivity contribution in [1.82, 2.24) is 15.2 Å². The number of para-hydroxylation sites is 1. The Morgan fingerprint density at radius 1 is 1.14 bits per heavy atom. The van der Waals surface area contributed by atoms with Gasteiger partial charge in [0.05, 0.1) is 0 Å². The van der Waals surface area contributed by atoms with Crippen molar-refractivity contribution in [1.29, 1.82) is 0 Å². The van der Waals surface area contributed by atoms with Crippen molar-refractivity contribution in [3.63, 3.8) is 0 Å². The first-order valence-corrected chi connectivity index (χ1v) is 9.66. The molecule has 148 valence electrons. The van der Waals surface area contributed by atoms with Crippen LogP contribution in [0.3, 0.4) is 0 Å². The summed E-state index contributed by atoms with van der Waals surface area (Å²) in [5.74, 6) is 0.887. The van der Waals surface area contributed by atoms with Gasteiger partial charge in [-0.05, 0) is 30.5 Å². The Hall–Kier alpha value is -3.09. The quantitative estimate of drug-likeness (QED) is 0.388. The van der Waals surface area contributed by atoms with Gasteiger partial charge in [-0.3, -0.25) is 14.6 Å². The Labute approximate surface area is 164 Å². The summed E-state index contributed by atoms with van der Waals surface area (Å²) in [6, 6.07) is 13.1. The average molecular weight is 381 g/mol. The van der Waals surface area contributed by atoms with Crippen molar-refractivity contribution >= 4 is 17.6 Å². The molecule has 0 saturated carbocycles. The minimum atomic E-state index is 0.0322. The third-order valence-electron chi connectivity index (χ3n) is 4.86. The molecule has 1 aliphatic rings. The van der Waals surface area contributed by atoms with Crippen molar-refractivity contribution in [3.05, 3.63) is 64.6 Å². The molecule has 1 aromatic heterocycles. The second kappa shape index (κ2) is 9.73. The first-order valence-electron chi connectivity index (χ1n) is 9.66. The third-order valence-corrected chi connectivity index (χ3v) is 4.86. The predicted octanol–water partition coefficient (Wildman–Crippen LogP) is 1.92. The highest BCUT2D eigenvalue weighted by atomic mass is 16.1. The largest absolute Gasteiger partial charge is 0.356 e. The number of benzene rings is 1. The van der Waals surface area contributed by atoms with Crippen molar-refractivity contribution in [2.45, 2.75) is 31.7 Å². The lowest BCUT2D eigenvalue weighted by Crippen LogP contribution is -2.41. The lowest BCUT2D eigenvalue weighted by molar-refractivity contribution is -0.116. The van der Waals surface area contributed by atoms with Crippen LogP contribution in [0.2, 0.25) is 0 Å². The molecule has 0 fully saturated rings. The van der Waals surface area contributed by atoms with Gasteiger partial charge in [0.25, 0.3) is 0 Å². The average Bonchev–Trinajstić information content (AvgIpc) is 2.71. The van der Waals surface area contributed by atoms with Gasteiger partial charge in [0.2, 0.25) is 11.5 Å². The molecule has 0 aliphatic carbocycles. The summed E-state index contributed by atoms with van der Waals surface area (Å²) >= 11 is 0. The van der Waals surface area contributed by atoms with Gasteiger partial charge in [-0.2, -0.15) is 0 Å². The summed E-state index contributed by atoms with van der Waals surface area (Å²) in [4.78, 5) is 27.9. The molecule has 1 amide bonds. The van der Waals surface area contributed by atoms with E-state index in [4.69, 9.17) is 0 Å². The van der Waals surface area contributed by atoms with Crippen molar-refractivity contribution in [3.8, 4) is 0 Å². The number of unbranched alkanes of at least 4 members (excludes halogenated alkanes) is 1. The summed E-state index contributed by atoms with van der Waals surface area (Å²) in [5, 5.41) is 9.54. The van der Waals surface area contributed by atoms with Crippen LogP contribution in [0, 0.1) is 0 Å². The second-order valence-corrected chi connectivity index (χ2v) is 6.86. The van der Waals surface area contributed by atoms with Crippen LogP contribution in [0.25, 0.3) is 0 Å². The molecule has 1 aliphatic heterocycles. The summed E-state index contributed by atoms with van der Waals surface area (Å²) < 4.78 is 1.72. The number of nitrogens with zero attached hydrogens (tertiary/aromatic N) is 2. The maximum Gasteiger partial charge on any atom is 0.250 e. The molecule has 0 saturated heterocycles. The molecule has 7 nitrogen and oxygen atoms in total. The summed E-state index contributed by atoms with van der Waals surface area (Å²) in [7, 11) is 1.74. The van der Waals surface area contributed by atoms with Crippen LogP contribution >= 0.6 is 0 Å². The SMILES string of the molecule is CN=C(NCCCCn1ccccc1=O)NCC1CC(=O)Nc2ccccc21. The van der Waals surface area contributed by atoms with E-state index < -0.39 is 0 Å². The maximum atomic E-state index is 11.9. The Kier molecular flexibility index (Phi) is 6.84. The number of hydrogen-bond donors (Lipinski definition) is 3. The standard InChI is InChI=1S/C21H27N5O2/c1-22-21(23-11-5-7-13-26-12-6-4-10-20(26)28)24-15-16-14-19(27)25-18-9-3-2-8-17(16)18/h2-4,6,8-10,12,16H,5,7,11,13-15H2,1H3,(H,25,27)(H2,22,23,24). The fourth-order valence-corrected chi connectivity index (χ4v) is 3.38. The first kappa shape index (κ1) is 19.7. The molecule has 28 heavy (non-hydrogen) atoms.